The van der Waals surface area contributed by atoms with E-state index in [0.717, 1.165) is 25.7 Å². The lowest BCUT2D eigenvalue weighted by Gasteiger charge is -2.31. The summed E-state index contributed by atoms with van der Waals surface area (Å²) in [5.41, 5.74) is -1.72. The zero-order chi connectivity index (χ0) is 12.9. The molecule has 0 aromatic carbocycles. The predicted molar refractivity (Wildman–Crippen MR) is 63.7 cm³/mol. The van der Waals surface area contributed by atoms with E-state index >= 15 is 0 Å². The first-order valence-electron chi connectivity index (χ1n) is 6.24. The van der Waals surface area contributed by atoms with Crippen molar-refractivity contribution in [3.05, 3.63) is 0 Å². The lowest BCUT2D eigenvalue weighted by Crippen LogP contribution is -2.46. The van der Waals surface area contributed by atoms with Crippen molar-refractivity contribution in [2.75, 3.05) is 19.7 Å². The molecule has 1 aliphatic rings. The van der Waals surface area contributed by atoms with Gasteiger partial charge >= 0.3 is 5.97 Å². The van der Waals surface area contributed by atoms with Crippen molar-refractivity contribution in [1.82, 2.24) is 5.32 Å². The maximum atomic E-state index is 10.7. The van der Waals surface area contributed by atoms with E-state index in [0.29, 0.717) is 18.4 Å². The maximum Gasteiger partial charge on any atom is 0.336 e. The Morgan fingerprint density at radius 3 is 2.47 bits per heavy atom. The maximum absolute atomic E-state index is 10.7. The van der Waals surface area contributed by atoms with E-state index in [1.54, 1.807) is 0 Å². The fourth-order valence-electron chi connectivity index (χ4n) is 2.37. The lowest BCUT2D eigenvalue weighted by atomic mass is 9.79. The monoisotopic (exact) mass is 245 g/mol. The summed E-state index contributed by atoms with van der Waals surface area (Å²) in [5.74, 6) is -0.517. The van der Waals surface area contributed by atoms with Gasteiger partial charge in [0.05, 0.1) is 0 Å². The second-order valence-electron chi connectivity index (χ2n) is 5.20. The Morgan fingerprint density at radius 2 is 1.94 bits per heavy atom. The van der Waals surface area contributed by atoms with Crippen molar-refractivity contribution >= 4 is 5.97 Å². The number of carbonyl (C=O) groups is 1. The quantitative estimate of drug-likeness (QED) is 0.537. The first kappa shape index (κ1) is 14.4. The molecule has 17 heavy (non-hydrogen) atoms. The van der Waals surface area contributed by atoms with Crippen LogP contribution in [0.15, 0.2) is 0 Å². The van der Waals surface area contributed by atoms with Gasteiger partial charge in [0.25, 0.3) is 0 Å². The van der Waals surface area contributed by atoms with Crippen LogP contribution in [0.2, 0.25) is 0 Å². The molecule has 5 heteroatoms. The molecule has 0 amide bonds. The molecule has 0 radical (unpaired) electrons. The number of aliphatic hydroxyl groups is 2. The molecule has 0 aromatic rings. The largest absolute Gasteiger partial charge is 0.479 e. The molecule has 1 saturated carbocycles. The van der Waals surface area contributed by atoms with Gasteiger partial charge in [0.15, 0.2) is 5.60 Å². The van der Waals surface area contributed by atoms with Gasteiger partial charge in [-0.1, -0.05) is 12.8 Å². The van der Waals surface area contributed by atoms with Crippen LogP contribution in [0.5, 0.6) is 0 Å². The Balaban J connectivity index is 2.32. The second-order valence-corrected chi connectivity index (χ2v) is 5.20. The number of rotatable bonds is 6. The zero-order valence-electron chi connectivity index (χ0n) is 10.4. The summed E-state index contributed by atoms with van der Waals surface area (Å²) in [6, 6.07) is 0. The molecule has 3 unspecified atom stereocenters. The SMILES string of the molecule is CC(O)(CNCC1CCCCC1CO)C(=O)O. The van der Waals surface area contributed by atoms with Crippen LogP contribution >= 0.6 is 0 Å². The second kappa shape index (κ2) is 6.33. The van der Waals surface area contributed by atoms with Gasteiger partial charge < -0.3 is 20.6 Å². The van der Waals surface area contributed by atoms with Gasteiger partial charge in [-0.2, -0.15) is 0 Å². The summed E-state index contributed by atoms with van der Waals surface area (Å²) >= 11 is 0. The molecule has 0 aromatic heterocycles. The number of carboxylic acid groups (broad SMARTS) is 1. The molecule has 1 rings (SSSR count). The minimum Gasteiger partial charge on any atom is -0.479 e. The number of hydrogen-bond donors (Lipinski definition) is 4. The van der Waals surface area contributed by atoms with Crippen molar-refractivity contribution in [3.63, 3.8) is 0 Å². The molecule has 4 N–H and O–H groups in total. The molecule has 1 aliphatic carbocycles. The molecular formula is C12H23NO4. The highest BCUT2D eigenvalue weighted by Gasteiger charge is 2.30. The van der Waals surface area contributed by atoms with Gasteiger partial charge in [-0.3, -0.25) is 0 Å². The van der Waals surface area contributed by atoms with E-state index in [1.807, 2.05) is 0 Å². The molecule has 0 aliphatic heterocycles. The summed E-state index contributed by atoms with van der Waals surface area (Å²) in [6.07, 6.45) is 4.43. The molecule has 0 heterocycles. The summed E-state index contributed by atoms with van der Waals surface area (Å²) < 4.78 is 0. The third-order valence-corrected chi connectivity index (χ3v) is 3.64. The van der Waals surface area contributed by atoms with Gasteiger partial charge in [-0.25, -0.2) is 4.79 Å². The van der Waals surface area contributed by atoms with Crippen molar-refractivity contribution < 1.29 is 20.1 Å². The van der Waals surface area contributed by atoms with Crippen molar-refractivity contribution in [1.29, 1.82) is 0 Å². The fourth-order valence-corrected chi connectivity index (χ4v) is 2.37. The number of aliphatic carboxylic acids is 1. The standard InChI is InChI=1S/C12H23NO4/c1-12(17,11(15)16)8-13-6-9-4-2-3-5-10(9)7-14/h9-10,13-14,17H,2-8H2,1H3,(H,15,16). The Labute approximate surface area is 102 Å². The third kappa shape index (κ3) is 4.26. The van der Waals surface area contributed by atoms with Crippen molar-refractivity contribution in [3.8, 4) is 0 Å². The Hall–Kier alpha value is -0.650. The molecule has 1 fully saturated rings. The lowest BCUT2D eigenvalue weighted by molar-refractivity contribution is -0.156. The number of carboxylic acids is 1. The highest BCUT2D eigenvalue weighted by atomic mass is 16.4. The van der Waals surface area contributed by atoms with Crippen LogP contribution in [0.1, 0.15) is 32.6 Å². The number of aliphatic hydroxyl groups excluding tert-OH is 1. The summed E-state index contributed by atoms with van der Waals surface area (Å²) in [5, 5.41) is 30.5. The van der Waals surface area contributed by atoms with Crippen LogP contribution in [0.3, 0.4) is 0 Å². The molecular weight excluding hydrogens is 222 g/mol. The first-order chi connectivity index (χ1) is 7.97. The number of nitrogens with one attached hydrogen (secondary N) is 1. The van der Waals surface area contributed by atoms with Gasteiger partial charge in [0, 0.05) is 13.2 Å². The zero-order valence-corrected chi connectivity index (χ0v) is 10.4. The Kier molecular flexibility index (Phi) is 5.36. The smallest absolute Gasteiger partial charge is 0.336 e. The van der Waals surface area contributed by atoms with Crippen molar-refractivity contribution in [2.24, 2.45) is 11.8 Å². The van der Waals surface area contributed by atoms with E-state index < -0.39 is 11.6 Å². The average Bonchev–Trinajstić information content (AvgIpc) is 2.29. The highest BCUT2D eigenvalue weighted by molar-refractivity contribution is 5.76. The van der Waals surface area contributed by atoms with Gasteiger partial charge in [0.2, 0.25) is 0 Å². The van der Waals surface area contributed by atoms with Crippen LogP contribution in [0.25, 0.3) is 0 Å². The minimum absolute atomic E-state index is 0.0387. The van der Waals surface area contributed by atoms with Crippen LogP contribution in [-0.4, -0.2) is 46.6 Å². The number of hydrogen-bond acceptors (Lipinski definition) is 4. The van der Waals surface area contributed by atoms with Gasteiger partial charge in [0.1, 0.15) is 0 Å². The summed E-state index contributed by atoms with van der Waals surface area (Å²) in [6.45, 7) is 2.18. The predicted octanol–water partition coefficient (Wildman–Crippen LogP) is 0.210. The fraction of sp³-hybridized carbons (Fsp3) is 0.917. The first-order valence-corrected chi connectivity index (χ1v) is 6.24. The molecule has 0 spiro atoms. The van der Waals surface area contributed by atoms with Crippen molar-refractivity contribution in [2.45, 2.75) is 38.2 Å². The average molecular weight is 245 g/mol. The van der Waals surface area contributed by atoms with E-state index in [2.05, 4.69) is 5.32 Å². The molecule has 3 atom stereocenters. The third-order valence-electron chi connectivity index (χ3n) is 3.64. The molecule has 0 bridgehead atoms. The summed E-state index contributed by atoms with van der Waals surface area (Å²) in [4.78, 5) is 10.7. The molecule has 0 saturated heterocycles. The van der Waals surface area contributed by atoms with Gasteiger partial charge in [-0.15, -0.1) is 0 Å². The van der Waals surface area contributed by atoms with Crippen LogP contribution in [0.4, 0.5) is 0 Å². The molecule has 100 valence electrons. The Bertz CT molecular complexity index is 255. The normalized spacial score (nSPS) is 28.6. The summed E-state index contributed by atoms with van der Waals surface area (Å²) in [7, 11) is 0. The van der Waals surface area contributed by atoms with Crippen LogP contribution in [-0.2, 0) is 4.79 Å². The van der Waals surface area contributed by atoms with E-state index in [4.69, 9.17) is 5.11 Å². The van der Waals surface area contributed by atoms with E-state index in [1.165, 1.54) is 6.92 Å². The van der Waals surface area contributed by atoms with Crippen LogP contribution < -0.4 is 5.32 Å². The molecule has 5 nitrogen and oxygen atoms in total. The van der Waals surface area contributed by atoms with E-state index in [9.17, 15) is 15.0 Å². The topological polar surface area (TPSA) is 89.8 Å². The Morgan fingerprint density at radius 1 is 1.35 bits per heavy atom. The van der Waals surface area contributed by atoms with Crippen LogP contribution in [0, 0.1) is 11.8 Å². The van der Waals surface area contributed by atoms with E-state index in [-0.39, 0.29) is 13.2 Å². The van der Waals surface area contributed by atoms with Gasteiger partial charge in [-0.05, 0) is 38.1 Å². The highest BCUT2D eigenvalue weighted by Crippen LogP contribution is 2.29. The minimum atomic E-state index is -1.72.